The van der Waals surface area contributed by atoms with Crippen molar-refractivity contribution in [2.45, 2.75) is 25.9 Å². The molecule has 13 heavy (non-hydrogen) atoms. The summed E-state index contributed by atoms with van der Waals surface area (Å²) in [6, 6.07) is 2.97. The molecule has 74 valence electrons. The van der Waals surface area contributed by atoms with Gasteiger partial charge in [0.1, 0.15) is 0 Å². The summed E-state index contributed by atoms with van der Waals surface area (Å²) in [6.45, 7) is 5.06. The minimum absolute atomic E-state index is 0.403. The SMILES string of the molecule is COCC(C)NC(C)c1ccsc1. The van der Waals surface area contributed by atoms with Crippen LogP contribution in [0.2, 0.25) is 0 Å². The van der Waals surface area contributed by atoms with Gasteiger partial charge < -0.3 is 10.1 Å². The molecule has 0 radical (unpaired) electrons. The highest BCUT2D eigenvalue weighted by molar-refractivity contribution is 7.07. The van der Waals surface area contributed by atoms with Crippen LogP contribution in [0.4, 0.5) is 0 Å². The maximum atomic E-state index is 5.06. The van der Waals surface area contributed by atoms with Crippen molar-refractivity contribution < 1.29 is 4.74 Å². The highest BCUT2D eigenvalue weighted by Crippen LogP contribution is 2.15. The molecule has 0 saturated carbocycles. The van der Waals surface area contributed by atoms with Gasteiger partial charge in [0.25, 0.3) is 0 Å². The molecule has 0 aliphatic rings. The highest BCUT2D eigenvalue weighted by Gasteiger charge is 2.08. The highest BCUT2D eigenvalue weighted by atomic mass is 32.1. The van der Waals surface area contributed by atoms with E-state index in [2.05, 4.69) is 36.0 Å². The molecule has 0 aromatic carbocycles. The van der Waals surface area contributed by atoms with Crippen LogP contribution in [-0.2, 0) is 4.74 Å². The van der Waals surface area contributed by atoms with Crippen LogP contribution in [0.3, 0.4) is 0 Å². The zero-order valence-electron chi connectivity index (χ0n) is 8.41. The average molecular weight is 199 g/mol. The van der Waals surface area contributed by atoms with Crippen molar-refractivity contribution in [3.63, 3.8) is 0 Å². The maximum absolute atomic E-state index is 5.06. The predicted octanol–water partition coefficient (Wildman–Crippen LogP) is 2.43. The first kappa shape index (κ1) is 10.7. The lowest BCUT2D eigenvalue weighted by atomic mass is 10.1. The first-order chi connectivity index (χ1) is 6.24. The second-order valence-corrected chi connectivity index (χ2v) is 4.08. The molecule has 0 aliphatic carbocycles. The molecule has 0 spiro atoms. The number of hydrogen-bond acceptors (Lipinski definition) is 3. The summed E-state index contributed by atoms with van der Waals surface area (Å²) in [5, 5.41) is 7.75. The van der Waals surface area contributed by atoms with E-state index in [0.717, 1.165) is 6.61 Å². The van der Waals surface area contributed by atoms with Gasteiger partial charge in [0.15, 0.2) is 0 Å². The van der Waals surface area contributed by atoms with Gasteiger partial charge in [0, 0.05) is 19.2 Å². The van der Waals surface area contributed by atoms with E-state index in [1.165, 1.54) is 5.56 Å². The third-order valence-electron chi connectivity index (χ3n) is 1.99. The Balaban J connectivity index is 2.37. The predicted molar refractivity (Wildman–Crippen MR) is 57.2 cm³/mol. The molecule has 1 N–H and O–H groups in total. The smallest absolute Gasteiger partial charge is 0.0613 e. The van der Waals surface area contributed by atoms with Gasteiger partial charge in [-0.25, -0.2) is 0 Å². The summed E-state index contributed by atoms with van der Waals surface area (Å²) >= 11 is 1.74. The van der Waals surface area contributed by atoms with Gasteiger partial charge in [-0.1, -0.05) is 0 Å². The molecular formula is C10H17NOS. The molecule has 1 aromatic rings. The average Bonchev–Trinajstić information content (AvgIpc) is 2.55. The minimum Gasteiger partial charge on any atom is -0.383 e. The summed E-state index contributed by atoms with van der Waals surface area (Å²) in [6.07, 6.45) is 0. The number of hydrogen-bond donors (Lipinski definition) is 1. The van der Waals surface area contributed by atoms with Gasteiger partial charge in [-0.3, -0.25) is 0 Å². The van der Waals surface area contributed by atoms with Crippen LogP contribution in [0.1, 0.15) is 25.5 Å². The van der Waals surface area contributed by atoms with Crippen LogP contribution in [0, 0.1) is 0 Å². The van der Waals surface area contributed by atoms with Crippen molar-refractivity contribution in [2.75, 3.05) is 13.7 Å². The van der Waals surface area contributed by atoms with Crippen LogP contribution >= 0.6 is 11.3 Å². The van der Waals surface area contributed by atoms with Crippen molar-refractivity contribution in [2.24, 2.45) is 0 Å². The van der Waals surface area contributed by atoms with E-state index < -0.39 is 0 Å². The minimum atomic E-state index is 0.403. The molecule has 2 nitrogen and oxygen atoms in total. The third-order valence-corrected chi connectivity index (χ3v) is 2.70. The van der Waals surface area contributed by atoms with Crippen LogP contribution in [0.25, 0.3) is 0 Å². The molecule has 0 aliphatic heterocycles. The molecule has 0 fully saturated rings. The molecule has 2 atom stereocenters. The summed E-state index contributed by atoms with van der Waals surface area (Å²) in [5.74, 6) is 0. The normalized spacial score (nSPS) is 15.6. The molecule has 2 unspecified atom stereocenters. The Labute approximate surface area is 83.9 Å². The van der Waals surface area contributed by atoms with Gasteiger partial charge in [-0.2, -0.15) is 11.3 Å². The largest absolute Gasteiger partial charge is 0.383 e. The van der Waals surface area contributed by atoms with E-state index >= 15 is 0 Å². The molecule has 0 bridgehead atoms. The Bertz CT molecular complexity index is 223. The third kappa shape index (κ3) is 3.46. The van der Waals surface area contributed by atoms with Crippen molar-refractivity contribution in [3.8, 4) is 0 Å². The fourth-order valence-electron chi connectivity index (χ4n) is 1.34. The van der Waals surface area contributed by atoms with Gasteiger partial charge in [-0.05, 0) is 36.2 Å². The molecule has 0 amide bonds. The van der Waals surface area contributed by atoms with E-state index in [1.54, 1.807) is 18.4 Å². The standard InChI is InChI=1S/C10H17NOS/c1-8(6-12-3)11-9(2)10-4-5-13-7-10/h4-5,7-9,11H,6H2,1-3H3. The molecular weight excluding hydrogens is 182 g/mol. The maximum Gasteiger partial charge on any atom is 0.0613 e. The number of thiophene rings is 1. The number of nitrogens with one attached hydrogen (secondary N) is 1. The second kappa shape index (κ2) is 5.37. The first-order valence-corrected chi connectivity index (χ1v) is 5.45. The van der Waals surface area contributed by atoms with E-state index in [-0.39, 0.29) is 0 Å². The molecule has 1 heterocycles. The Kier molecular flexibility index (Phi) is 4.42. The van der Waals surface area contributed by atoms with Crippen LogP contribution in [0.5, 0.6) is 0 Å². The van der Waals surface area contributed by atoms with Crippen molar-refractivity contribution in [3.05, 3.63) is 22.4 Å². The topological polar surface area (TPSA) is 21.3 Å². The van der Waals surface area contributed by atoms with Gasteiger partial charge in [0.2, 0.25) is 0 Å². The van der Waals surface area contributed by atoms with Gasteiger partial charge >= 0.3 is 0 Å². The molecule has 1 aromatic heterocycles. The lowest BCUT2D eigenvalue weighted by Gasteiger charge is -2.18. The van der Waals surface area contributed by atoms with E-state index in [1.807, 2.05) is 0 Å². The zero-order valence-corrected chi connectivity index (χ0v) is 9.23. The monoisotopic (exact) mass is 199 g/mol. The Hall–Kier alpha value is -0.380. The van der Waals surface area contributed by atoms with Crippen molar-refractivity contribution >= 4 is 11.3 Å². The number of methoxy groups -OCH3 is 1. The second-order valence-electron chi connectivity index (χ2n) is 3.30. The van der Waals surface area contributed by atoms with Crippen molar-refractivity contribution in [1.82, 2.24) is 5.32 Å². The van der Waals surface area contributed by atoms with Gasteiger partial charge in [-0.15, -0.1) is 0 Å². The lowest BCUT2D eigenvalue weighted by molar-refractivity contribution is 0.168. The molecule has 0 saturated heterocycles. The number of ether oxygens (including phenoxy) is 1. The Morgan fingerprint density at radius 1 is 1.54 bits per heavy atom. The van der Waals surface area contributed by atoms with Gasteiger partial charge in [0.05, 0.1) is 6.61 Å². The summed E-state index contributed by atoms with van der Waals surface area (Å²) in [5.41, 5.74) is 1.35. The lowest BCUT2D eigenvalue weighted by Crippen LogP contribution is -2.32. The Morgan fingerprint density at radius 2 is 2.31 bits per heavy atom. The van der Waals surface area contributed by atoms with Crippen LogP contribution in [-0.4, -0.2) is 19.8 Å². The zero-order chi connectivity index (χ0) is 9.68. The summed E-state index contributed by atoms with van der Waals surface area (Å²) in [7, 11) is 1.73. The first-order valence-electron chi connectivity index (χ1n) is 4.51. The summed E-state index contributed by atoms with van der Waals surface area (Å²) in [4.78, 5) is 0. The van der Waals surface area contributed by atoms with E-state index in [0.29, 0.717) is 12.1 Å². The fourth-order valence-corrected chi connectivity index (χ4v) is 2.10. The number of rotatable bonds is 5. The van der Waals surface area contributed by atoms with E-state index in [9.17, 15) is 0 Å². The quantitative estimate of drug-likeness (QED) is 0.786. The van der Waals surface area contributed by atoms with Crippen LogP contribution < -0.4 is 5.32 Å². The fraction of sp³-hybridized carbons (Fsp3) is 0.600. The van der Waals surface area contributed by atoms with Crippen molar-refractivity contribution in [1.29, 1.82) is 0 Å². The molecule has 3 heteroatoms. The molecule has 1 rings (SSSR count). The van der Waals surface area contributed by atoms with E-state index in [4.69, 9.17) is 4.74 Å². The van der Waals surface area contributed by atoms with Crippen LogP contribution in [0.15, 0.2) is 16.8 Å². The summed E-state index contributed by atoms with van der Waals surface area (Å²) < 4.78 is 5.06. The Morgan fingerprint density at radius 3 is 2.85 bits per heavy atom.